The van der Waals surface area contributed by atoms with E-state index in [-0.39, 0.29) is 37.0 Å². The molecule has 0 aromatic carbocycles. The Morgan fingerprint density at radius 3 is 1.00 bits per heavy atom. The van der Waals surface area contributed by atoms with Crippen LogP contribution in [0.1, 0.15) is 61.8 Å². The average molecular weight is 364 g/mol. The van der Waals surface area contributed by atoms with E-state index in [1.807, 2.05) is 0 Å². The topological polar surface area (TPSA) is 122 Å². The second-order valence-corrected chi connectivity index (χ2v) is 4.93. The molecule has 0 aromatic rings. The maximum absolute atomic E-state index is 10.6. The van der Waals surface area contributed by atoms with E-state index in [0.717, 1.165) is 0 Å². The zero-order chi connectivity index (χ0) is 19.4. The Morgan fingerprint density at radius 2 is 0.875 bits per heavy atom. The first kappa shape index (κ1) is 34.6. The molecule has 0 aliphatic rings. The van der Waals surface area contributed by atoms with Crippen LogP contribution in [0.15, 0.2) is 0 Å². The maximum Gasteiger partial charge on any atom is 3.00 e. The summed E-state index contributed by atoms with van der Waals surface area (Å²) in [6.45, 7) is 13.6. The summed E-state index contributed by atoms with van der Waals surface area (Å²) in [5.41, 5.74) is 0. The van der Waals surface area contributed by atoms with Crippen molar-refractivity contribution in [1.82, 2.24) is 0 Å². The van der Waals surface area contributed by atoms with Gasteiger partial charge in [0.15, 0.2) is 0 Å². The molecule has 0 heterocycles. The molecule has 0 radical (unpaired) electrons. The van der Waals surface area contributed by atoms with Crippen LogP contribution >= 0.6 is 0 Å². The SMILES string of the molecule is CC(C)[O-].CC(C)[O-].CC(C)[O-].CCOC(=O)CC(=O)OCC.[Al+3]. The molecule has 0 amide bonds. The molecule has 0 fully saturated rings. The molecule has 0 bridgehead atoms. The van der Waals surface area contributed by atoms with Crippen LogP contribution in [0.3, 0.4) is 0 Å². The minimum absolute atomic E-state index is 0. The second-order valence-electron chi connectivity index (χ2n) is 4.93. The fourth-order valence-electron chi connectivity index (χ4n) is 0.542. The van der Waals surface area contributed by atoms with Crippen molar-refractivity contribution in [1.29, 1.82) is 0 Å². The molecule has 0 aliphatic heterocycles. The van der Waals surface area contributed by atoms with Crippen LogP contribution in [0, 0.1) is 0 Å². The molecule has 8 heteroatoms. The van der Waals surface area contributed by atoms with Crippen LogP contribution in [-0.2, 0) is 19.1 Å². The minimum Gasteiger partial charge on any atom is -0.852 e. The Bertz CT molecular complexity index is 218. The fourth-order valence-corrected chi connectivity index (χ4v) is 0.542. The summed E-state index contributed by atoms with van der Waals surface area (Å²) in [4.78, 5) is 21.2. The summed E-state index contributed by atoms with van der Waals surface area (Å²) in [5, 5.41) is 28.6. The first-order valence-corrected chi connectivity index (χ1v) is 7.69. The monoisotopic (exact) mass is 364 g/mol. The van der Waals surface area contributed by atoms with Gasteiger partial charge in [0.25, 0.3) is 0 Å². The van der Waals surface area contributed by atoms with Crippen molar-refractivity contribution in [3.63, 3.8) is 0 Å². The van der Waals surface area contributed by atoms with E-state index in [4.69, 9.17) is 0 Å². The zero-order valence-corrected chi connectivity index (χ0v) is 17.4. The summed E-state index contributed by atoms with van der Waals surface area (Å²) in [6.07, 6.45) is -1.54. The Morgan fingerprint density at radius 1 is 0.708 bits per heavy atom. The first-order valence-electron chi connectivity index (χ1n) is 7.69. The maximum atomic E-state index is 10.6. The van der Waals surface area contributed by atoms with Crippen LogP contribution in [0.4, 0.5) is 0 Å². The number of esters is 2. The minimum atomic E-state index is -0.536. The number of ether oxygens (including phenoxy) is 2. The quantitative estimate of drug-likeness (QED) is 0.370. The number of carbonyl (C=O) groups is 2. The van der Waals surface area contributed by atoms with Gasteiger partial charge >= 0.3 is 29.3 Å². The Kier molecular flexibility index (Phi) is 39.3. The predicted molar refractivity (Wildman–Crippen MR) is 89.0 cm³/mol. The number of hydrogen-bond donors (Lipinski definition) is 0. The van der Waals surface area contributed by atoms with Crippen LogP contribution in [0.2, 0.25) is 0 Å². The van der Waals surface area contributed by atoms with Gasteiger partial charge in [-0.05, 0) is 13.8 Å². The summed E-state index contributed by atoms with van der Waals surface area (Å²) < 4.78 is 9.04. The number of carbonyl (C=O) groups excluding carboxylic acids is 2. The van der Waals surface area contributed by atoms with Crippen molar-refractivity contribution in [2.45, 2.75) is 80.1 Å². The van der Waals surface area contributed by atoms with Gasteiger partial charge in [0, 0.05) is 0 Å². The average Bonchev–Trinajstić information content (AvgIpc) is 2.26. The Balaban J connectivity index is -0.0000000772. The van der Waals surface area contributed by atoms with Crippen LogP contribution in [0.25, 0.3) is 0 Å². The number of rotatable bonds is 4. The summed E-state index contributed by atoms with van der Waals surface area (Å²) in [7, 11) is 0. The van der Waals surface area contributed by atoms with E-state index in [9.17, 15) is 24.9 Å². The van der Waals surface area contributed by atoms with Gasteiger partial charge in [-0.1, -0.05) is 41.5 Å². The molecule has 0 atom stereocenters. The van der Waals surface area contributed by atoms with E-state index in [1.54, 1.807) is 55.4 Å². The summed E-state index contributed by atoms with van der Waals surface area (Å²) >= 11 is 0. The molecule has 0 unspecified atom stereocenters. The molecule has 0 saturated heterocycles. The zero-order valence-electron chi connectivity index (χ0n) is 16.3. The Labute approximate surface area is 157 Å². The van der Waals surface area contributed by atoms with Crippen molar-refractivity contribution in [2.24, 2.45) is 0 Å². The van der Waals surface area contributed by atoms with E-state index in [1.165, 1.54) is 0 Å². The smallest absolute Gasteiger partial charge is 0.852 e. The fraction of sp³-hybridized carbons (Fsp3) is 0.875. The van der Waals surface area contributed by atoms with E-state index < -0.39 is 30.3 Å². The Hall–Kier alpha value is -0.648. The van der Waals surface area contributed by atoms with Crippen molar-refractivity contribution < 1.29 is 34.4 Å². The molecule has 24 heavy (non-hydrogen) atoms. The number of hydrogen-bond acceptors (Lipinski definition) is 7. The van der Waals surface area contributed by atoms with E-state index >= 15 is 0 Å². The van der Waals surface area contributed by atoms with Crippen molar-refractivity contribution in [3.05, 3.63) is 0 Å². The van der Waals surface area contributed by atoms with Crippen molar-refractivity contribution in [3.8, 4) is 0 Å². The molecular weight excluding hydrogens is 331 g/mol. The third kappa shape index (κ3) is 101. The van der Waals surface area contributed by atoms with E-state index in [2.05, 4.69) is 9.47 Å². The second kappa shape index (κ2) is 27.2. The van der Waals surface area contributed by atoms with Gasteiger partial charge in [0.1, 0.15) is 6.42 Å². The van der Waals surface area contributed by atoms with Crippen molar-refractivity contribution >= 4 is 29.3 Å². The van der Waals surface area contributed by atoms with Gasteiger partial charge < -0.3 is 24.8 Å². The molecule has 0 rings (SSSR count). The molecular formula is C16H33AlO7. The van der Waals surface area contributed by atoms with Gasteiger partial charge in [0.2, 0.25) is 0 Å². The molecule has 0 N–H and O–H groups in total. The van der Waals surface area contributed by atoms with Gasteiger partial charge in [-0.2, -0.15) is 0 Å². The molecule has 7 nitrogen and oxygen atoms in total. The predicted octanol–water partition coefficient (Wildman–Crippen LogP) is -0.613. The molecule has 0 aliphatic carbocycles. The summed E-state index contributed by atoms with van der Waals surface area (Å²) in [5.74, 6) is -1.07. The summed E-state index contributed by atoms with van der Waals surface area (Å²) in [6, 6.07) is 0. The van der Waals surface area contributed by atoms with Gasteiger partial charge in [-0.15, -0.1) is 18.3 Å². The normalized spacial score (nSPS) is 8.58. The van der Waals surface area contributed by atoms with Gasteiger partial charge in [-0.3, -0.25) is 9.59 Å². The molecule has 0 aromatic heterocycles. The van der Waals surface area contributed by atoms with Crippen LogP contribution in [-0.4, -0.2) is 60.8 Å². The standard InChI is InChI=1S/C7H12O4.3C3H7O.Al/c1-3-10-6(8)5-7(9)11-4-2;3*1-3(2)4;/h3-5H2,1-2H3;3*3H,1-2H3;/q;3*-1;+3. The van der Waals surface area contributed by atoms with Gasteiger partial charge in [0.05, 0.1) is 13.2 Å². The molecule has 142 valence electrons. The van der Waals surface area contributed by atoms with Crippen LogP contribution < -0.4 is 15.3 Å². The first-order chi connectivity index (χ1) is 10.4. The third-order valence-corrected chi connectivity index (χ3v) is 0.899. The third-order valence-electron chi connectivity index (χ3n) is 0.899. The van der Waals surface area contributed by atoms with Gasteiger partial charge in [-0.25, -0.2) is 0 Å². The molecule has 0 saturated carbocycles. The van der Waals surface area contributed by atoms with Crippen LogP contribution in [0.5, 0.6) is 0 Å². The van der Waals surface area contributed by atoms with Crippen molar-refractivity contribution in [2.75, 3.05) is 13.2 Å². The van der Waals surface area contributed by atoms with E-state index in [0.29, 0.717) is 0 Å². The largest absolute Gasteiger partial charge is 3.00 e. The molecule has 0 spiro atoms.